The molecule has 0 atom stereocenters. The highest BCUT2D eigenvalue weighted by molar-refractivity contribution is 8.13. The molecule has 0 saturated carbocycles. The Morgan fingerprint density at radius 3 is 2.38 bits per heavy atom. The molecule has 1 aliphatic heterocycles. The Bertz CT molecular complexity index is 124. The summed E-state index contributed by atoms with van der Waals surface area (Å²) in [5, 5.41) is 27.2. The SMILES string of the molecule is N=C1SCC[N+]1([O-])[O-]. The molecule has 1 N–H and O–H groups in total. The highest BCUT2D eigenvalue weighted by atomic mass is 32.2. The molecule has 0 unspecified atom stereocenters. The molecule has 0 aromatic rings. The molecule has 4 nitrogen and oxygen atoms in total. The molecule has 1 fully saturated rings. The number of hydroxylamine groups is 4. The lowest BCUT2D eigenvalue weighted by molar-refractivity contribution is -0.723. The smallest absolute Gasteiger partial charge is 0.256 e. The standard InChI is InChI=1S/C3H5N2O2S/c4-3-5(6,7)1-2-8-3/h4H,1-2H2/q-1. The van der Waals surface area contributed by atoms with Crippen molar-refractivity contribution in [1.29, 1.82) is 5.41 Å². The lowest BCUT2D eigenvalue weighted by atomic mass is 10.7. The molecule has 0 radical (unpaired) electrons. The van der Waals surface area contributed by atoms with Crippen molar-refractivity contribution in [3.8, 4) is 0 Å². The summed E-state index contributed by atoms with van der Waals surface area (Å²) in [7, 11) is 0. The van der Waals surface area contributed by atoms with Crippen molar-refractivity contribution in [2.24, 2.45) is 0 Å². The first-order chi connectivity index (χ1) is 3.63. The van der Waals surface area contributed by atoms with Crippen LogP contribution in [-0.2, 0) is 0 Å². The number of quaternary nitrogens is 1. The van der Waals surface area contributed by atoms with Gasteiger partial charge in [-0.2, -0.15) is 0 Å². The lowest BCUT2D eigenvalue weighted by Gasteiger charge is -2.40. The number of hydrogen-bond donors (Lipinski definition) is 1. The summed E-state index contributed by atoms with van der Waals surface area (Å²) in [5.41, 5.74) is 0. The van der Waals surface area contributed by atoms with E-state index in [2.05, 4.69) is 0 Å². The summed E-state index contributed by atoms with van der Waals surface area (Å²) in [6.45, 7) is 0.00347. The quantitative estimate of drug-likeness (QED) is 0.386. The Hall–Kier alpha value is -0.100. The molecular formula is C3H5N2O2S-. The van der Waals surface area contributed by atoms with E-state index < -0.39 is 4.81 Å². The van der Waals surface area contributed by atoms with Crippen LogP contribution in [0.1, 0.15) is 0 Å². The van der Waals surface area contributed by atoms with E-state index in [4.69, 9.17) is 5.41 Å². The number of thioether (sulfide) groups is 1. The van der Waals surface area contributed by atoms with Crippen LogP contribution >= 0.6 is 11.8 Å². The Morgan fingerprint density at radius 1 is 1.62 bits per heavy atom. The monoisotopic (exact) mass is 133 g/mol. The van der Waals surface area contributed by atoms with E-state index in [1.165, 1.54) is 0 Å². The van der Waals surface area contributed by atoms with E-state index in [1.54, 1.807) is 0 Å². The maximum Gasteiger partial charge on any atom is 0.256 e. The van der Waals surface area contributed by atoms with Crippen molar-refractivity contribution >= 4 is 16.9 Å². The predicted octanol–water partition coefficient (Wildman–Crippen LogP) is 0.480. The van der Waals surface area contributed by atoms with Gasteiger partial charge in [0.1, 0.15) is 0 Å². The molecule has 1 rings (SSSR count). The summed E-state index contributed by atoms with van der Waals surface area (Å²) in [6.07, 6.45) is 0. The molecule has 1 heterocycles. The van der Waals surface area contributed by atoms with Gasteiger partial charge in [-0.15, -0.1) is 0 Å². The number of rotatable bonds is 0. The van der Waals surface area contributed by atoms with Crippen molar-refractivity contribution in [1.82, 2.24) is 0 Å². The summed E-state index contributed by atoms with van der Waals surface area (Å²) < 4.78 is 0. The topological polar surface area (TPSA) is 70.0 Å². The van der Waals surface area contributed by atoms with Crippen LogP contribution in [-0.4, -0.2) is 22.3 Å². The van der Waals surface area contributed by atoms with E-state index >= 15 is 0 Å². The average molecular weight is 133 g/mol. The van der Waals surface area contributed by atoms with Crippen LogP contribution < -0.4 is 0 Å². The first-order valence-electron chi connectivity index (χ1n) is 2.15. The van der Waals surface area contributed by atoms with Crippen molar-refractivity contribution in [2.45, 2.75) is 0 Å². The minimum atomic E-state index is -1.72. The summed E-state index contributed by atoms with van der Waals surface area (Å²) >= 11 is 1.03. The molecule has 0 spiro atoms. The van der Waals surface area contributed by atoms with Crippen LogP contribution in [0.25, 0.3) is 0 Å². The third-order valence-corrected chi connectivity index (χ3v) is 1.87. The van der Waals surface area contributed by atoms with Crippen LogP contribution in [0, 0.1) is 15.8 Å². The van der Waals surface area contributed by atoms with Crippen LogP contribution in [0.4, 0.5) is 0 Å². The fourth-order valence-corrected chi connectivity index (χ4v) is 1.28. The molecule has 1 saturated heterocycles. The van der Waals surface area contributed by atoms with Gasteiger partial charge in [0.2, 0.25) is 0 Å². The van der Waals surface area contributed by atoms with Gasteiger partial charge in [0.05, 0.1) is 12.3 Å². The third kappa shape index (κ3) is 0.851. The highest BCUT2D eigenvalue weighted by Gasteiger charge is 2.21. The van der Waals surface area contributed by atoms with Crippen molar-refractivity contribution in [3.63, 3.8) is 0 Å². The molecule has 0 aliphatic carbocycles. The second-order valence-electron chi connectivity index (χ2n) is 1.55. The van der Waals surface area contributed by atoms with E-state index in [0.29, 0.717) is 5.75 Å². The normalized spacial score (nSPS) is 26.5. The third-order valence-electron chi connectivity index (χ3n) is 0.934. The summed E-state index contributed by atoms with van der Waals surface area (Å²) in [4.78, 5) is -1.72. The van der Waals surface area contributed by atoms with Crippen molar-refractivity contribution in [2.75, 3.05) is 12.3 Å². The van der Waals surface area contributed by atoms with Crippen molar-refractivity contribution < 1.29 is 4.81 Å². The lowest BCUT2D eigenvalue weighted by Crippen LogP contribution is -2.35. The van der Waals surface area contributed by atoms with Gasteiger partial charge in [-0.05, 0) is 11.8 Å². The van der Waals surface area contributed by atoms with Gasteiger partial charge in [0.15, 0.2) is 0 Å². The van der Waals surface area contributed by atoms with Gasteiger partial charge in [-0.25, -0.2) is 5.41 Å². The minimum absolute atomic E-state index is 0.00347. The molecule has 0 aromatic carbocycles. The Labute approximate surface area is 50.7 Å². The molecule has 46 valence electrons. The zero-order valence-electron chi connectivity index (χ0n) is 4.09. The zero-order valence-corrected chi connectivity index (χ0v) is 4.90. The van der Waals surface area contributed by atoms with Gasteiger partial charge >= 0.3 is 0 Å². The zero-order chi connectivity index (χ0) is 6.20. The minimum Gasteiger partial charge on any atom is -0.625 e. The fraction of sp³-hybridized carbons (Fsp3) is 0.667. The Balaban J connectivity index is 2.68. The Kier molecular flexibility index (Phi) is 1.28. The first-order valence-corrected chi connectivity index (χ1v) is 3.13. The average Bonchev–Trinajstić information content (AvgIpc) is 1.86. The maximum atomic E-state index is 10.4. The molecule has 8 heavy (non-hydrogen) atoms. The molecule has 5 heteroatoms. The predicted molar refractivity (Wildman–Crippen MR) is 32.0 cm³/mol. The van der Waals surface area contributed by atoms with E-state index in [-0.39, 0.29) is 11.7 Å². The molecule has 0 aromatic heterocycles. The maximum absolute atomic E-state index is 10.4. The van der Waals surface area contributed by atoms with Crippen LogP contribution in [0.15, 0.2) is 0 Å². The van der Waals surface area contributed by atoms with Gasteiger partial charge in [0, 0.05) is 0 Å². The van der Waals surface area contributed by atoms with E-state index in [9.17, 15) is 10.4 Å². The van der Waals surface area contributed by atoms with Gasteiger partial charge in [-0.1, -0.05) is 0 Å². The summed E-state index contributed by atoms with van der Waals surface area (Å²) in [5.74, 6) is 0.492. The fourth-order valence-electron chi connectivity index (χ4n) is 0.462. The molecule has 1 aliphatic rings. The van der Waals surface area contributed by atoms with Crippen molar-refractivity contribution in [3.05, 3.63) is 10.4 Å². The van der Waals surface area contributed by atoms with E-state index in [1.807, 2.05) is 0 Å². The van der Waals surface area contributed by atoms with Crippen LogP contribution in [0.2, 0.25) is 0 Å². The largest absolute Gasteiger partial charge is 0.625 e. The number of hydrogen-bond acceptors (Lipinski definition) is 4. The van der Waals surface area contributed by atoms with Gasteiger partial charge in [0.25, 0.3) is 5.17 Å². The van der Waals surface area contributed by atoms with Gasteiger partial charge in [-0.3, -0.25) is 0 Å². The molecule has 0 bridgehead atoms. The molecule has 0 amide bonds. The van der Waals surface area contributed by atoms with Crippen LogP contribution in [0.5, 0.6) is 0 Å². The van der Waals surface area contributed by atoms with Gasteiger partial charge < -0.3 is 15.2 Å². The number of amidine groups is 1. The first kappa shape index (κ1) is 6.03. The van der Waals surface area contributed by atoms with Crippen LogP contribution in [0.3, 0.4) is 0 Å². The number of nitrogens with one attached hydrogen (secondary N) is 1. The second kappa shape index (κ2) is 1.70. The Morgan fingerprint density at radius 2 is 2.25 bits per heavy atom. The highest BCUT2D eigenvalue weighted by Crippen LogP contribution is 2.21. The van der Waals surface area contributed by atoms with E-state index in [0.717, 1.165) is 11.8 Å². The summed E-state index contributed by atoms with van der Waals surface area (Å²) in [6, 6.07) is 0. The second-order valence-corrected chi connectivity index (χ2v) is 2.63. The molecular weight excluding hydrogens is 128 g/mol. The number of nitrogens with zero attached hydrogens (tertiary/aromatic N) is 1.